The zero-order chi connectivity index (χ0) is 20.3. The Labute approximate surface area is 170 Å². The second-order valence-electron chi connectivity index (χ2n) is 7.56. The van der Waals surface area contributed by atoms with Crippen LogP contribution in [0.15, 0.2) is 59.2 Å². The number of piperidine rings is 1. The number of carbonyl (C=O) groups is 2. The van der Waals surface area contributed by atoms with Crippen molar-refractivity contribution in [1.82, 2.24) is 10.2 Å². The second kappa shape index (κ2) is 8.86. The van der Waals surface area contributed by atoms with Gasteiger partial charge in [-0.1, -0.05) is 36.0 Å². The first-order chi connectivity index (χ1) is 13.4. The van der Waals surface area contributed by atoms with E-state index >= 15 is 0 Å². The SMILES string of the molecule is CC=C(C)C=CC=CC1C2CC2C2C=C(SCC(NC(C)=O)C(=O)O)C=CN12. The number of aliphatic carboxylic acids is 1. The maximum Gasteiger partial charge on any atom is 0.327 e. The van der Waals surface area contributed by atoms with E-state index in [2.05, 4.69) is 65.9 Å². The third-order valence-corrected chi connectivity index (χ3v) is 6.63. The highest BCUT2D eigenvalue weighted by molar-refractivity contribution is 8.03. The van der Waals surface area contributed by atoms with Crippen LogP contribution in [-0.4, -0.2) is 45.8 Å². The van der Waals surface area contributed by atoms with Gasteiger partial charge in [-0.3, -0.25) is 4.79 Å². The third kappa shape index (κ3) is 4.79. The van der Waals surface area contributed by atoms with Gasteiger partial charge in [0.15, 0.2) is 0 Å². The number of carbonyl (C=O) groups excluding carboxylic acids is 1. The van der Waals surface area contributed by atoms with Gasteiger partial charge in [0.2, 0.25) is 5.91 Å². The largest absolute Gasteiger partial charge is 0.480 e. The molecule has 0 aromatic rings. The highest BCUT2D eigenvalue weighted by Gasteiger charge is 2.56. The first-order valence-corrected chi connectivity index (χ1v) is 10.7. The molecule has 3 aliphatic rings. The predicted octanol–water partition coefficient (Wildman–Crippen LogP) is 3.49. The van der Waals surface area contributed by atoms with Gasteiger partial charge in [0, 0.05) is 23.8 Å². The number of fused-ring (bicyclic) bond motifs is 3. The van der Waals surface area contributed by atoms with Gasteiger partial charge < -0.3 is 15.3 Å². The van der Waals surface area contributed by atoms with Crippen LogP contribution in [-0.2, 0) is 9.59 Å². The van der Waals surface area contributed by atoms with Crippen molar-refractivity contribution in [3.63, 3.8) is 0 Å². The van der Waals surface area contributed by atoms with Crippen molar-refractivity contribution in [1.29, 1.82) is 0 Å². The van der Waals surface area contributed by atoms with E-state index in [1.165, 1.54) is 30.7 Å². The molecule has 1 saturated heterocycles. The van der Waals surface area contributed by atoms with Crippen LogP contribution in [0.2, 0.25) is 0 Å². The molecular weight excluding hydrogens is 372 g/mol. The van der Waals surface area contributed by atoms with Gasteiger partial charge in [0.1, 0.15) is 6.04 Å². The summed E-state index contributed by atoms with van der Waals surface area (Å²) in [6.45, 7) is 5.47. The molecule has 5 atom stereocenters. The Bertz CT molecular complexity index is 781. The molecule has 1 saturated carbocycles. The Kier molecular flexibility index (Phi) is 6.50. The highest BCUT2D eigenvalue weighted by Crippen LogP contribution is 2.55. The van der Waals surface area contributed by atoms with Crippen molar-refractivity contribution in [2.75, 3.05) is 5.75 Å². The van der Waals surface area contributed by atoms with E-state index in [4.69, 9.17) is 0 Å². The summed E-state index contributed by atoms with van der Waals surface area (Å²) in [6, 6.07) is -0.0524. The van der Waals surface area contributed by atoms with Crippen LogP contribution in [0, 0.1) is 11.8 Å². The number of nitrogens with one attached hydrogen (secondary N) is 1. The first-order valence-electron chi connectivity index (χ1n) is 9.68. The summed E-state index contributed by atoms with van der Waals surface area (Å²) in [5, 5.41) is 11.7. The number of nitrogens with zero attached hydrogens (tertiary/aromatic N) is 1. The summed E-state index contributed by atoms with van der Waals surface area (Å²) in [5.41, 5.74) is 1.25. The number of rotatable bonds is 8. The fourth-order valence-electron chi connectivity index (χ4n) is 3.87. The van der Waals surface area contributed by atoms with Crippen LogP contribution in [0.3, 0.4) is 0 Å². The molecule has 2 N–H and O–H groups in total. The monoisotopic (exact) mass is 400 g/mol. The van der Waals surface area contributed by atoms with Crippen LogP contribution < -0.4 is 5.32 Å². The number of thioether (sulfide) groups is 1. The van der Waals surface area contributed by atoms with E-state index in [0.717, 1.165) is 4.91 Å². The molecule has 2 aliphatic heterocycles. The molecule has 6 heteroatoms. The number of carboxylic acid groups (broad SMARTS) is 1. The van der Waals surface area contributed by atoms with E-state index in [1.807, 2.05) is 6.92 Å². The first kappa shape index (κ1) is 20.5. The van der Waals surface area contributed by atoms with Crippen molar-refractivity contribution < 1.29 is 14.7 Å². The van der Waals surface area contributed by atoms with E-state index in [1.54, 1.807) is 0 Å². The molecule has 0 radical (unpaired) electrons. The minimum absolute atomic E-state index is 0.322. The van der Waals surface area contributed by atoms with Crippen LogP contribution in [0.5, 0.6) is 0 Å². The molecule has 28 heavy (non-hydrogen) atoms. The number of amides is 1. The van der Waals surface area contributed by atoms with Gasteiger partial charge in [-0.2, -0.15) is 0 Å². The van der Waals surface area contributed by atoms with Crippen LogP contribution >= 0.6 is 11.8 Å². The van der Waals surface area contributed by atoms with Crippen molar-refractivity contribution in [3.05, 3.63) is 59.2 Å². The van der Waals surface area contributed by atoms with E-state index < -0.39 is 12.0 Å². The molecule has 0 spiro atoms. The maximum atomic E-state index is 11.3. The maximum absolute atomic E-state index is 11.3. The zero-order valence-corrected chi connectivity index (χ0v) is 17.4. The number of hydrogen-bond acceptors (Lipinski definition) is 4. The van der Waals surface area contributed by atoms with Gasteiger partial charge in [0.25, 0.3) is 0 Å². The Hall–Kier alpha value is -2.21. The van der Waals surface area contributed by atoms with Gasteiger partial charge in [0.05, 0.1) is 12.1 Å². The summed E-state index contributed by atoms with van der Waals surface area (Å²) < 4.78 is 0. The molecule has 150 valence electrons. The normalized spacial score (nSPS) is 29.6. The topological polar surface area (TPSA) is 69.6 Å². The van der Waals surface area contributed by atoms with Crippen molar-refractivity contribution in [2.24, 2.45) is 11.8 Å². The average Bonchev–Trinajstić information content (AvgIpc) is 3.39. The minimum atomic E-state index is -1.00. The van der Waals surface area contributed by atoms with Crippen LogP contribution in [0.4, 0.5) is 0 Å². The second-order valence-corrected chi connectivity index (χ2v) is 8.65. The molecule has 1 amide bonds. The van der Waals surface area contributed by atoms with Crippen molar-refractivity contribution in [2.45, 2.75) is 45.3 Å². The van der Waals surface area contributed by atoms with E-state index in [0.29, 0.717) is 29.7 Å². The zero-order valence-electron chi connectivity index (χ0n) is 16.5. The molecule has 5 nitrogen and oxygen atoms in total. The van der Waals surface area contributed by atoms with Crippen LogP contribution in [0.25, 0.3) is 0 Å². The van der Waals surface area contributed by atoms with Gasteiger partial charge in [-0.15, -0.1) is 11.8 Å². The fraction of sp³-hybridized carbons (Fsp3) is 0.455. The van der Waals surface area contributed by atoms with E-state index in [9.17, 15) is 14.7 Å². The molecule has 2 fully saturated rings. The third-order valence-electron chi connectivity index (χ3n) is 5.53. The molecule has 0 bridgehead atoms. The number of allylic oxidation sites excluding steroid dienone is 6. The molecule has 0 aromatic heterocycles. The molecule has 2 heterocycles. The van der Waals surface area contributed by atoms with Gasteiger partial charge in [-0.05, 0) is 44.3 Å². The average molecular weight is 401 g/mol. The standard InChI is InChI=1S/C22H28N2O3S/c1-4-14(2)7-5-6-8-20-17-12-18(17)21-11-16(9-10-24(20)21)28-13-19(22(26)27)23-15(3)25/h4-11,17-21H,12-13H2,1-3H3,(H,23,25)(H,26,27). The smallest absolute Gasteiger partial charge is 0.327 e. The lowest BCUT2D eigenvalue weighted by Gasteiger charge is -2.32. The lowest BCUT2D eigenvalue weighted by atomic mass is 10.1. The lowest BCUT2D eigenvalue weighted by molar-refractivity contribution is -0.140. The van der Waals surface area contributed by atoms with Gasteiger partial charge >= 0.3 is 5.97 Å². The molecular formula is C22H28N2O3S. The summed E-state index contributed by atoms with van der Waals surface area (Å²) in [6.07, 6.45) is 18.4. The Balaban J connectivity index is 1.59. The molecule has 5 unspecified atom stereocenters. The highest BCUT2D eigenvalue weighted by atomic mass is 32.2. The van der Waals surface area contributed by atoms with Gasteiger partial charge in [-0.25, -0.2) is 4.79 Å². The van der Waals surface area contributed by atoms with Crippen molar-refractivity contribution in [3.8, 4) is 0 Å². The minimum Gasteiger partial charge on any atom is -0.480 e. The summed E-state index contributed by atoms with van der Waals surface area (Å²) in [4.78, 5) is 26.0. The summed E-state index contributed by atoms with van der Waals surface area (Å²) >= 11 is 1.49. The summed E-state index contributed by atoms with van der Waals surface area (Å²) in [5.74, 6) is 0.386. The van der Waals surface area contributed by atoms with E-state index in [-0.39, 0.29) is 5.91 Å². The fourth-order valence-corrected chi connectivity index (χ4v) is 4.85. The number of carboxylic acids is 1. The Morgan fingerprint density at radius 3 is 2.82 bits per heavy atom. The number of hydrogen-bond donors (Lipinski definition) is 2. The molecule has 1 aliphatic carbocycles. The Morgan fingerprint density at radius 2 is 2.14 bits per heavy atom. The molecule has 3 rings (SSSR count). The Morgan fingerprint density at radius 1 is 1.36 bits per heavy atom. The quantitative estimate of drug-likeness (QED) is 0.611. The predicted molar refractivity (Wildman–Crippen MR) is 114 cm³/mol. The van der Waals surface area contributed by atoms with Crippen molar-refractivity contribution >= 4 is 23.6 Å². The lowest BCUT2D eigenvalue weighted by Crippen LogP contribution is -2.41. The summed E-state index contributed by atoms with van der Waals surface area (Å²) in [7, 11) is 0. The van der Waals surface area contributed by atoms with Crippen LogP contribution in [0.1, 0.15) is 27.2 Å². The molecule has 0 aromatic carbocycles.